The molecule has 1 aromatic heterocycles. The van der Waals surface area contributed by atoms with E-state index in [1.54, 1.807) is 18.2 Å². The van der Waals surface area contributed by atoms with Crippen molar-refractivity contribution in [1.82, 2.24) is 15.3 Å². The number of rotatable bonds is 6. The van der Waals surface area contributed by atoms with Crippen LogP contribution in [-0.2, 0) is 10.0 Å². The number of aryl methyl sites for hydroxylation is 2. The summed E-state index contributed by atoms with van der Waals surface area (Å²) >= 11 is 5.40. The van der Waals surface area contributed by atoms with Gasteiger partial charge in [0.05, 0.1) is 10.9 Å². The van der Waals surface area contributed by atoms with Crippen LogP contribution in [0.25, 0.3) is 0 Å². The number of hydrogen-bond acceptors (Lipinski definition) is 5. The van der Waals surface area contributed by atoms with Crippen LogP contribution < -0.4 is 15.4 Å². The van der Waals surface area contributed by atoms with Gasteiger partial charge in [-0.3, -0.25) is 0 Å². The molecule has 0 saturated carbocycles. The third-order valence-electron chi connectivity index (χ3n) is 4.45. The van der Waals surface area contributed by atoms with E-state index in [4.69, 9.17) is 12.2 Å². The quantitative estimate of drug-likeness (QED) is 0.499. The Balaban J connectivity index is 1.63. The molecule has 3 rings (SSSR count). The number of thiocarbonyl (C=S) groups is 1. The van der Waals surface area contributed by atoms with E-state index in [1.165, 1.54) is 41.2 Å². The van der Waals surface area contributed by atoms with Gasteiger partial charge in [-0.1, -0.05) is 23.8 Å². The van der Waals surface area contributed by atoms with Crippen LogP contribution in [0, 0.1) is 13.8 Å². The summed E-state index contributed by atoms with van der Waals surface area (Å²) in [5.41, 5.74) is 4.26. The number of sulfonamides is 1. The van der Waals surface area contributed by atoms with E-state index in [2.05, 4.69) is 57.4 Å². The average molecular weight is 442 g/mol. The largest absolute Gasteiger partial charge is 0.356 e. The van der Waals surface area contributed by atoms with Crippen LogP contribution in [0.3, 0.4) is 0 Å². The predicted molar refractivity (Wildman–Crippen MR) is 123 cm³/mol. The van der Waals surface area contributed by atoms with E-state index in [-0.39, 0.29) is 16.9 Å². The van der Waals surface area contributed by atoms with Crippen molar-refractivity contribution in [1.29, 1.82) is 0 Å². The van der Waals surface area contributed by atoms with Crippen molar-refractivity contribution in [2.75, 3.05) is 10.0 Å². The number of hydrogen-bond donors (Lipinski definition) is 3. The minimum atomic E-state index is -3.77. The van der Waals surface area contributed by atoms with Gasteiger partial charge >= 0.3 is 0 Å². The molecule has 0 amide bonds. The summed E-state index contributed by atoms with van der Waals surface area (Å²) in [5.74, 6) is 0.0190. The van der Waals surface area contributed by atoms with Crippen molar-refractivity contribution >= 4 is 39.0 Å². The summed E-state index contributed by atoms with van der Waals surface area (Å²) in [6.07, 6.45) is 2.93. The second-order valence-electron chi connectivity index (χ2n) is 6.88. The molecule has 3 N–H and O–H groups in total. The molecule has 156 valence electrons. The lowest BCUT2D eigenvalue weighted by atomic mass is 10.0. The van der Waals surface area contributed by atoms with Gasteiger partial charge in [-0.15, -0.1) is 0 Å². The van der Waals surface area contributed by atoms with Gasteiger partial charge in [-0.05, 0) is 74.4 Å². The number of anilines is 2. The van der Waals surface area contributed by atoms with Gasteiger partial charge < -0.3 is 10.6 Å². The van der Waals surface area contributed by atoms with Gasteiger partial charge in [0.2, 0.25) is 5.95 Å². The van der Waals surface area contributed by atoms with Gasteiger partial charge in [-0.2, -0.15) is 0 Å². The summed E-state index contributed by atoms with van der Waals surface area (Å²) in [4.78, 5) is 7.84. The maximum atomic E-state index is 12.4. The Kier molecular flexibility index (Phi) is 6.63. The SMILES string of the molecule is Cc1ccc(C(C)NC(=S)Nc2ccc(S(=O)(=O)Nc3ncccn3)cc2)c(C)c1. The Morgan fingerprint density at radius 1 is 1.03 bits per heavy atom. The first-order valence-electron chi connectivity index (χ1n) is 9.29. The molecule has 0 bridgehead atoms. The second kappa shape index (κ2) is 9.19. The van der Waals surface area contributed by atoms with Crippen molar-refractivity contribution in [3.8, 4) is 0 Å². The third-order valence-corrected chi connectivity index (χ3v) is 6.02. The number of aromatic nitrogens is 2. The van der Waals surface area contributed by atoms with Gasteiger partial charge in [0, 0.05) is 18.1 Å². The maximum Gasteiger partial charge on any atom is 0.264 e. The fourth-order valence-electron chi connectivity index (χ4n) is 3.00. The Labute approximate surface area is 182 Å². The highest BCUT2D eigenvalue weighted by molar-refractivity contribution is 7.92. The minimum absolute atomic E-state index is 0.0190. The molecule has 1 unspecified atom stereocenters. The highest BCUT2D eigenvalue weighted by Gasteiger charge is 2.15. The molecule has 0 spiro atoms. The van der Waals surface area contributed by atoms with Crippen LogP contribution in [-0.4, -0.2) is 23.5 Å². The molecule has 1 atom stereocenters. The monoisotopic (exact) mass is 441 g/mol. The lowest BCUT2D eigenvalue weighted by molar-refractivity contribution is 0.601. The highest BCUT2D eigenvalue weighted by Crippen LogP contribution is 2.20. The van der Waals surface area contributed by atoms with Crippen molar-refractivity contribution < 1.29 is 8.42 Å². The fourth-order valence-corrected chi connectivity index (χ4v) is 4.25. The average Bonchev–Trinajstić information content (AvgIpc) is 2.68. The molecule has 1 heterocycles. The van der Waals surface area contributed by atoms with Crippen LogP contribution in [0.4, 0.5) is 11.6 Å². The summed E-state index contributed by atoms with van der Waals surface area (Å²) in [5, 5.41) is 6.79. The molecule has 0 fully saturated rings. The van der Waals surface area contributed by atoms with E-state index in [0.717, 1.165) is 0 Å². The molecule has 0 aliphatic carbocycles. The minimum Gasteiger partial charge on any atom is -0.356 e. The maximum absolute atomic E-state index is 12.4. The zero-order chi connectivity index (χ0) is 21.7. The molecule has 0 aliphatic heterocycles. The van der Waals surface area contributed by atoms with Crippen molar-refractivity contribution in [3.05, 3.63) is 77.6 Å². The first-order valence-corrected chi connectivity index (χ1v) is 11.2. The van der Waals surface area contributed by atoms with Gasteiger partial charge in [0.15, 0.2) is 5.11 Å². The zero-order valence-corrected chi connectivity index (χ0v) is 18.5. The fraction of sp³-hybridized carbons (Fsp3) is 0.190. The Bertz CT molecular complexity index is 1130. The van der Waals surface area contributed by atoms with E-state index >= 15 is 0 Å². The molecular formula is C21H23N5O2S2. The normalized spacial score (nSPS) is 12.1. The summed E-state index contributed by atoms with van der Waals surface area (Å²) in [7, 11) is -3.77. The topological polar surface area (TPSA) is 96.0 Å². The number of benzene rings is 2. The summed E-state index contributed by atoms with van der Waals surface area (Å²) < 4.78 is 27.2. The van der Waals surface area contributed by atoms with E-state index in [9.17, 15) is 8.42 Å². The highest BCUT2D eigenvalue weighted by atomic mass is 32.2. The van der Waals surface area contributed by atoms with E-state index < -0.39 is 10.0 Å². The molecule has 3 aromatic rings. The van der Waals surface area contributed by atoms with Crippen LogP contribution in [0.15, 0.2) is 65.8 Å². The van der Waals surface area contributed by atoms with Crippen molar-refractivity contribution in [2.45, 2.75) is 31.7 Å². The first-order chi connectivity index (χ1) is 14.2. The Hall–Kier alpha value is -3.04. The smallest absolute Gasteiger partial charge is 0.264 e. The molecule has 0 radical (unpaired) electrons. The van der Waals surface area contributed by atoms with Crippen molar-refractivity contribution in [3.63, 3.8) is 0 Å². The second-order valence-corrected chi connectivity index (χ2v) is 8.97. The predicted octanol–water partition coefficient (Wildman–Crippen LogP) is 3.94. The van der Waals surface area contributed by atoms with E-state index in [0.29, 0.717) is 10.8 Å². The molecule has 7 nitrogen and oxygen atoms in total. The third kappa shape index (κ3) is 5.52. The van der Waals surface area contributed by atoms with Crippen LogP contribution in [0.2, 0.25) is 0 Å². The molecule has 2 aromatic carbocycles. The van der Waals surface area contributed by atoms with Crippen LogP contribution >= 0.6 is 12.2 Å². The van der Waals surface area contributed by atoms with Gasteiger partial charge in [0.25, 0.3) is 10.0 Å². The van der Waals surface area contributed by atoms with Crippen molar-refractivity contribution in [2.24, 2.45) is 0 Å². The Morgan fingerprint density at radius 2 is 1.70 bits per heavy atom. The van der Waals surface area contributed by atoms with Crippen LogP contribution in [0.5, 0.6) is 0 Å². The number of nitrogens with one attached hydrogen (secondary N) is 3. The molecule has 30 heavy (non-hydrogen) atoms. The first kappa shape index (κ1) is 21.7. The summed E-state index contributed by atoms with van der Waals surface area (Å²) in [6.45, 7) is 6.18. The molecule has 9 heteroatoms. The standard InChI is InChI=1S/C21H23N5O2S2/c1-14-5-10-19(15(2)13-14)16(3)24-21(29)25-17-6-8-18(9-7-17)30(27,28)26-20-22-11-4-12-23-20/h4-13,16H,1-3H3,(H,22,23,26)(H2,24,25,29). The molecule has 0 aliphatic rings. The van der Waals surface area contributed by atoms with Gasteiger partial charge in [0.1, 0.15) is 0 Å². The van der Waals surface area contributed by atoms with E-state index in [1.807, 2.05) is 6.92 Å². The molecular weight excluding hydrogens is 418 g/mol. The lowest BCUT2D eigenvalue weighted by Crippen LogP contribution is -2.31. The Morgan fingerprint density at radius 3 is 2.33 bits per heavy atom. The molecule has 0 saturated heterocycles. The lowest BCUT2D eigenvalue weighted by Gasteiger charge is -2.19. The summed E-state index contributed by atoms with van der Waals surface area (Å²) in [6, 6.07) is 14.2. The van der Waals surface area contributed by atoms with Gasteiger partial charge in [-0.25, -0.2) is 23.1 Å². The van der Waals surface area contributed by atoms with Crippen LogP contribution in [0.1, 0.15) is 29.7 Å². The number of nitrogens with zero attached hydrogens (tertiary/aromatic N) is 2. The zero-order valence-electron chi connectivity index (χ0n) is 16.9.